The highest BCUT2D eigenvalue weighted by Crippen LogP contribution is 2.12. The average Bonchev–Trinajstić information content (AvgIpc) is 2.16. The van der Waals surface area contributed by atoms with Gasteiger partial charge in [-0.05, 0) is 20.8 Å². The predicted molar refractivity (Wildman–Crippen MR) is 65.9 cm³/mol. The number of amidine groups is 1. The van der Waals surface area contributed by atoms with E-state index in [-0.39, 0.29) is 5.84 Å². The van der Waals surface area contributed by atoms with Crippen LogP contribution in [0.1, 0.15) is 24.9 Å². The van der Waals surface area contributed by atoms with Crippen molar-refractivity contribution >= 4 is 11.7 Å². The number of aryl methyl sites for hydroxylation is 2. The minimum atomic E-state index is 0.209. The zero-order valence-electron chi connectivity index (χ0n) is 10.1. The molecule has 3 N–H and O–H groups in total. The highest BCUT2D eigenvalue weighted by atomic mass is 15.2. The van der Waals surface area contributed by atoms with Gasteiger partial charge in [-0.3, -0.25) is 5.41 Å². The highest BCUT2D eigenvalue weighted by Gasteiger charge is 2.07. The third-order valence-corrected chi connectivity index (χ3v) is 2.31. The van der Waals surface area contributed by atoms with Crippen molar-refractivity contribution < 1.29 is 0 Å². The molecule has 0 bridgehead atoms. The molecule has 1 heterocycles. The molecule has 0 fully saturated rings. The Hall–Kier alpha value is -1.65. The maximum absolute atomic E-state index is 7.23. The molecule has 1 aromatic heterocycles. The zero-order chi connectivity index (χ0) is 12.1. The lowest BCUT2D eigenvalue weighted by Crippen LogP contribution is -2.28. The average molecular weight is 221 g/mol. The van der Waals surface area contributed by atoms with E-state index in [1.54, 1.807) is 0 Å². The molecule has 16 heavy (non-hydrogen) atoms. The van der Waals surface area contributed by atoms with Crippen LogP contribution in [0.2, 0.25) is 0 Å². The van der Waals surface area contributed by atoms with Crippen LogP contribution >= 0.6 is 0 Å². The van der Waals surface area contributed by atoms with Crippen LogP contribution < -0.4 is 10.6 Å². The fourth-order valence-corrected chi connectivity index (χ4v) is 1.55. The molecular formula is C11H19N5. The second kappa shape index (κ2) is 5.44. The van der Waals surface area contributed by atoms with Gasteiger partial charge in [-0.25, -0.2) is 9.97 Å². The second-order valence-electron chi connectivity index (χ2n) is 3.77. The lowest BCUT2D eigenvalue weighted by atomic mass is 10.3. The first-order valence-electron chi connectivity index (χ1n) is 5.43. The number of rotatable bonds is 5. The van der Waals surface area contributed by atoms with Crippen molar-refractivity contribution in [1.82, 2.24) is 9.97 Å². The molecule has 0 aliphatic carbocycles. The Morgan fingerprint density at radius 1 is 1.44 bits per heavy atom. The van der Waals surface area contributed by atoms with Gasteiger partial charge in [-0.15, -0.1) is 0 Å². The number of nitrogens with zero attached hydrogens (tertiary/aromatic N) is 3. The van der Waals surface area contributed by atoms with Crippen molar-refractivity contribution in [3.05, 3.63) is 17.6 Å². The van der Waals surface area contributed by atoms with E-state index in [9.17, 15) is 0 Å². The summed E-state index contributed by atoms with van der Waals surface area (Å²) in [6.07, 6.45) is 0.565. The molecule has 0 saturated heterocycles. The smallest absolute Gasteiger partial charge is 0.132 e. The van der Waals surface area contributed by atoms with Crippen molar-refractivity contribution in [2.45, 2.75) is 27.2 Å². The Morgan fingerprint density at radius 3 is 2.62 bits per heavy atom. The SMILES string of the molecule is CCN(CCC(=N)N)c1cc(C)nc(C)n1. The first kappa shape index (κ1) is 12.4. The molecule has 0 atom stereocenters. The van der Waals surface area contributed by atoms with Crippen molar-refractivity contribution in [3.63, 3.8) is 0 Å². The molecule has 0 spiro atoms. The van der Waals surface area contributed by atoms with Gasteiger partial charge in [-0.2, -0.15) is 0 Å². The molecule has 0 unspecified atom stereocenters. The summed E-state index contributed by atoms with van der Waals surface area (Å²) >= 11 is 0. The summed E-state index contributed by atoms with van der Waals surface area (Å²) in [5.74, 6) is 1.89. The fraction of sp³-hybridized carbons (Fsp3) is 0.545. The maximum atomic E-state index is 7.23. The Labute approximate surface area is 96.2 Å². The third kappa shape index (κ3) is 3.49. The lowest BCUT2D eigenvalue weighted by molar-refractivity contribution is 0.803. The third-order valence-electron chi connectivity index (χ3n) is 2.31. The van der Waals surface area contributed by atoms with Crippen molar-refractivity contribution in [3.8, 4) is 0 Å². The van der Waals surface area contributed by atoms with Gasteiger partial charge >= 0.3 is 0 Å². The first-order chi connectivity index (χ1) is 7.52. The molecule has 0 radical (unpaired) electrons. The zero-order valence-corrected chi connectivity index (χ0v) is 10.1. The Bertz CT molecular complexity index is 354. The topological polar surface area (TPSA) is 78.9 Å². The van der Waals surface area contributed by atoms with Gasteiger partial charge in [0.25, 0.3) is 0 Å². The van der Waals surface area contributed by atoms with Crippen LogP contribution in [0.25, 0.3) is 0 Å². The molecule has 0 amide bonds. The van der Waals surface area contributed by atoms with Crippen LogP contribution in [0.5, 0.6) is 0 Å². The lowest BCUT2D eigenvalue weighted by Gasteiger charge is -2.22. The Balaban J connectivity index is 2.81. The van der Waals surface area contributed by atoms with E-state index >= 15 is 0 Å². The standard InChI is InChI=1S/C11H19N5/c1-4-16(6-5-10(12)13)11-7-8(2)14-9(3)15-11/h7H,4-6H2,1-3H3,(H3,12,13). The number of anilines is 1. The van der Waals surface area contributed by atoms with E-state index in [0.717, 1.165) is 30.4 Å². The van der Waals surface area contributed by atoms with Gasteiger partial charge in [0, 0.05) is 31.3 Å². The minimum absolute atomic E-state index is 0.209. The second-order valence-corrected chi connectivity index (χ2v) is 3.77. The van der Waals surface area contributed by atoms with Gasteiger partial charge in [-0.1, -0.05) is 0 Å². The van der Waals surface area contributed by atoms with Crippen LogP contribution in [-0.2, 0) is 0 Å². The highest BCUT2D eigenvalue weighted by molar-refractivity contribution is 5.77. The Kier molecular flexibility index (Phi) is 4.22. The van der Waals surface area contributed by atoms with E-state index in [2.05, 4.69) is 21.8 Å². The molecule has 0 aliphatic heterocycles. The summed E-state index contributed by atoms with van der Waals surface area (Å²) in [6.45, 7) is 7.48. The van der Waals surface area contributed by atoms with E-state index in [4.69, 9.17) is 11.1 Å². The maximum Gasteiger partial charge on any atom is 0.132 e. The van der Waals surface area contributed by atoms with Crippen molar-refractivity contribution in [2.75, 3.05) is 18.0 Å². The summed E-state index contributed by atoms with van der Waals surface area (Å²) in [6, 6.07) is 1.95. The summed E-state index contributed by atoms with van der Waals surface area (Å²) in [5, 5.41) is 7.23. The van der Waals surface area contributed by atoms with Gasteiger partial charge in [0.05, 0.1) is 5.84 Å². The molecule has 0 aliphatic rings. The summed E-state index contributed by atoms with van der Waals surface area (Å²) in [7, 11) is 0. The van der Waals surface area contributed by atoms with Crippen LogP contribution in [0, 0.1) is 19.3 Å². The fourth-order valence-electron chi connectivity index (χ4n) is 1.55. The van der Waals surface area contributed by atoms with Gasteiger partial charge in [0.2, 0.25) is 0 Å². The largest absolute Gasteiger partial charge is 0.388 e. The quantitative estimate of drug-likeness (QED) is 0.579. The molecule has 88 valence electrons. The van der Waals surface area contributed by atoms with Crippen LogP contribution in [0.3, 0.4) is 0 Å². The molecule has 0 aromatic carbocycles. The van der Waals surface area contributed by atoms with Gasteiger partial charge in [0.1, 0.15) is 11.6 Å². The molecule has 0 saturated carbocycles. The van der Waals surface area contributed by atoms with E-state index in [1.807, 2.05) is 19.9 Å². The first-order valence-corrected chi connectivity index (χ1v) is 5.43. The number of nitrogens with one attached hydrogen (secondary N) is 1. The number of hydrogen-bond donors (Lipinski definition) is 2. The molecule has 5 nitrogen and oxygen atoms in total. The van der Waals surface area contributed by atoms with Crippen LogP contribution in [0.15, 0.2) is 6.07 Å². The summed E-state index contributed by atoms with van der Waals surface area (Å²) < 4.78 is 0. The molecule has 1 aromatic rings. The molecule has 5 heteroatoms. The van der Waals surface area contributed by atoms with Crippen molar-refractivity contribution in [2.24, 2.45) is 5.73 Å². The van der Waals surface area contributed by atoms with E-state index in [1.165, 1.54) is 0 Å². The molecule has 1 rings (SSSR count). The van der Waals surface area contributed by atoms with Crippen molar-refractivity contribution in [1.29, 1.82) is 5.41 Å². The van der Waals surface area contributed by atoms with Gasteiger partial charge in [0.15, 0.2) is 0 Å². The minimum Gasteiger partial charge on any atom is -0.388 e. The monoisotopic (exact) mass is 221 g/mol. The van der Waals surface area contributed by atoms with E-state index in [0.29, 0.717) is 6.42 Å². The predicted octanol–water partition coefficient (Wildman–Crippen LogP) is 1.25. The van der Waals surface area contributed by atoms with Gasteiger partial charge < -0.3 is 10.6 Å². The van der Waals surface area contributed by atoms with Crippen LogP contribution in [-0.4, -0.2) is 28.9 Å². The Morgan fingerprint density at radius 2 is 2.12 bits per heavy atom. The number of aromatic nitrogens is 2. The molecular weight excluding hydrogens is 202 g/mol. The van der Waals surface area contributed by atoms with Crippen LogP contribution in [0.4, 0.5) is 5.82 Å². The number of hydrogen-bond acceptors (Lipinski definition) is 4. The van der Waals surface area contributed by atoms with E-state index < -0.39 is 0 Å². The number of nitrogens with two attached hydrogens (primary N) is 1. The summed E-state index contributed by atoms with van der Waals surface area (Å²) in [5.41, 5.74) is 6.32. The summed E-state index contributed by atoms with van der Waals surface area (Å²) in [4.78, 5) is 10.7. The normalized spacial score (nSPS) is 10.2.